The van der Waals surface area contributed by atoms with Gasteiger partial charge in [0, 0.05) is 13.0 Å². The maximum Gasteiger partial charge on any atom is 0.262 e. The minimum absolute atomic E-state index is 0. The van der Waals surface area contributed by atoms with Crippen LogP contribution in [0.5, 0.6) is 0 Å². The standard InChI is InChI=1S/C22H20NOP.BrH/c24-22-21(16-17-23-22)25(18-10-4-1-5-11-18,19-12-6-2-7-13-19)20-14-8-3-9-15-20;/h1-15,21H,16-17H2;1H. The molecule has 3 aromatic rings. The summed E-state index contributed by atoms with van der Waals surface area (Å²) in [5.41, 5.74) is -0.0142. The quantitative estimate of drug-likeness (QED) is 0.579. The molecule has 4 rings (SSSR count). The van der Waals surface area contributed by atoms with Crippen LogP contribution in [0.25, 0.3) is 0 Å². The van der Waals surface area contributed by atoms with E-state index in [1.165, 1.54) is 15.9 Å². The Balaban J connectivity index is 0.00000196. The van der Waals surface area contributed by atoms with Gasteiger partial charge in [-0.1, -0.05) is 54.6 Å². The molecule has 1 N–H and O–H groups in total. The number of halogens is 1. The predicted molar refractivity (Wildman–Crippen MR) is 107 cm³/mol. The van der Waals surface area contributed by atoms with Crippen LogP contribution in [-0.4, -0.2) is 18.1 Å². The average molecular weight is 426 g/mol. The van der Waals surface area contributed by atoms with Gasteiger partial charge in [-0.15, -0.1) is 0 Å². The van der Waals surface area contributed by atoms with E-state index in [1.807, 2.05) is 18.2 Å². The van der Waals surface area contributed by atoms with Crippen molar-refractivity contribution in [1.82, 2.24) is 5.32 Å². The van der Waals surface area contributed by atoms with Gasteiger partial charge < -0.3 is 22.3 Å². The highest BCUT2D eigenvalue weighted by Crippen LogP contribution is 2.61. The summed E-state index contributed by atoms with van der Waals surface area (Å²) in [6, 6.07) is 31.8. The first-order chi connectivity index (χ1) is 12.3. The molecule has 0 radical (unpaired) electrons. The van der Waals surface area contributed by atoms with Crippen LogP contribution >= 0.6 is 7.26 Å². The van der Waals surface area contributed by atoms with Crippen LogP contribution in [0.2, 0.25) is 0 Å². The van der Waals surface area contributed by atoms with Gasteiger partial charge in [0.2, 0.25) is 0 Å². The van der Waals surface area contributed by atoms with Crippen molar-refractivity contribution in [1.29, 1.82) is 0 Å². The molecule has 4 heteroatoms. The molecule has 2 nitrogen and oxygen atoms in total. The third-order valence-corrected chi connectivity index (χ3v) is 9.74. The first kappa shape index (κ1) is 18.8. The molecule has 0 aromatic heterocycles. The fourth-order valence-corrected chi connectivity index (χ4v) is 8.79. The molecular weight excluding hydrogens is 405 g/mol. The molecule has 1 aliphatic heterocycles. The van der Waals surface area contributed by atoms with Crippen LogP contribution in [-0.2, 0) is 4.79 Å². The van der Waals surface area contributed by atoms with Crippen LogP contribution in [0.4, 0.5) is 0 Å². The molecule has 26 heavy (non-hydrogen) atoms. The highest BCUT2D eigenvalue weighted by Gasteiger charge is 2.56. The first-order valence-corrected chi connectivity index (χ1v) is 10.5. The summed E-state index contributed by atoms with van der Waals surface area (Å²) in [6.45, 7) is 0.762. The van der Waals surface area contributed by atoms with E-state index in [-0.39, 0.29) is 28.5 Å². The molecule has 0 saturated carbocycles. The number of carbonyl (C=O) groups excluding carboxylic acids is 1. The molecule has 0 spiro atoms. The zero-order chi connectivity index (χ0) is 17.1. The summed E-state index contributed by atoms with van der Waals surface area (Å²) in [5.74, 6) is 0.185. The molecular formula is C22H21BrNOP. The Bertz CT molecular complexity index is 758. The number of rotatable bonds is 4. The second-order valence-electron chi connectivity index (χ2n) is 6.32. The molecule has 1 fully saturated rings. The lowest BCUT2D eigenvalue weighted by Crippen LogP contribution is -3.00. The van der Waals surface area contributed by atoms with Gasteiger partial charge in [-0.3, -0.25) is 4.79 Å². The number of hydrogen-bond acceptors (Lipinski definition) is 1. The van der Waals surface area contributed by atoms with Gasteiger partial charge in [0.15, 0.2) is 5.66 Å². The zero-order valence-electron chi connectivity index (χ0n) is 14.4. The van der Waals surface area contributed by atoms with Crippen LogP contribution < -0.4 is 38.2 Å². The molecule has 1 heterocycles. The second kappa shape index (κ2) is 8.16. The Labute approximate surface area is 165 Å². The lowest BCUT2D eigenvalue weighted by molar-refractivity contribution is -0.118. The third-order valence-electron chi connectivity index (χ3n) is 4.98. The molecule has 1 amide bonds. The number of nitrogens with one attached hydrogen (secondary N) is 1. The predicted octanol–water partition coefficient (Wildman–Crippen LogP) is -0.127. The highest BCUT2D eigenvalue weighted by atomic mass is 79.9. The van der Waals surface area contributed by atoms with E-state index in [9.17, 15) is 4.79 Å². The van der Waals surface area contributed by atoms with Gasteiger partial charge in [0.1, 0.15) is 23.2 Å². The van der Waals surface area contributed by atoms with E-state index in [0.717, 1.165) is 13.0 Å². The van der Waals surface area contributed by atoms with Crippen molar-refractivity contribution in [3.63, 3.8) is 0 Å². The van der Waals surface area contributed by atoms with Gasteiger partial charge in [-0.2, -0.15) is 0 Å². The maximum absolute atomic E-state index is 12.9. The van der Waals surface area contributed by atoms with Crippen molar-refractivity contribution < 1.29 is 21.8 Å². The number of hydrogen-bond donors (Lipinski definition) is 1. The molecule has 1 saturated heterocycles. The van der Waals surface area contributed by atoms with Gasteiger partial charge in [0.25, 0.3) is 5.91 Å². The molecule has 0 aliphatic carbocycles. The van der Waals surface area contributed by atoms with Gasteiger partial charge in [-0.25, -0.2) is 0 Å². The molecule has 1 atom stereocenters. The topological polar surface area (TPSA) is 29.1 Å². The third kappa shape index (κ3) is 3.11. The van der Waals surface area contributed by atoms with Crippen molar-refractivity contribution in [2.24, 2.45) is 0 Å². The largest absolute Gasteiger partial charge is 1.00 e. The number of benzene rings is 3. The highest BCUT2D eigenvalue weighted by molar-refractivity contribution is 7.96. The summed E-state index contributed by atoms with van der Waals surface area (Å²) in [4.78, 5) is 12.9. The number of amides is 1. The molecule has 3 aromatic carbocycles. The van der Waals surface area contributed by atoms with E-state index in [4.69, 9.17) is 0 Å². The molecule has 0 bridgehead atoms. The lowest BCUT2D eigenvalue weighted by Gasteiger charge is -2.31. The van der Waals surface area contributed by atoms with Crippen molar-refractivity contribution in [3.05, 3.63) is 91.0 Å². The second-order valence-corrected chi connectivity index (χ2v) is 9.94. The normalized spacial score (nSPS) is 16.6. The lowest BCUT2D eigenvalue weighted by atomic mass is 10.3. The first-order valence-electron chi connectivity index (χ1n) is 8.67. The van der Waals surface area contributed by atoms with Crippen molar-refractivity contribution >= 4 is 29.1 Å². The van der Waals surface area contributed by atoms with E-state index >= 15 is 0 Å². The Kier molecular flexibility index (Phi) is 5.90. The monoisotopic (exact) mass is 425 g/mol. The van der Waals surface area contributed by atoms with Crippen molar-refractivity contribution in [2.75, 3.05) is 6.54 Å². The summed E-state index contributed by atoms with van der Waals surface area (Å²) in [7, 11) is -2.07. The number of carbonyl (C=O) groups is 1. The fourth-order valence-electron chi connectivity index (χ4n) is 3.93. The molecule has 132 valence electrons. The Morgan fingerprint density at radius 3 is 1.38 bits per heavy atom. The van der Waals surface area contributed by atoms with Crippen LogP contribution in [0.3, 0.4) is 0 Å². The van der Waals surface area contributed by atoms with Crippen LogP contribution in [0.1, 0.15) is 6.42 Å². The maximum atomic E-state index is 12.9. The van der Waals surface area contributed by atoms with Crippen molar-refractivity contribution in [2.45, 2.75) is 12.1 Å². The van der Waals surface area contributed by atoms with E-state index in [1.54, 1.807) is 0 Å². The fraction of sp³-hybridized carbons (Fsp3) is 0.136. The van der Waals surface area contributed by atoms with Gasteiger partial charge in [-0.05, 0) is 36.4 Å². The summed E-state index contributed by atoms with van der Waals surface area (Å²) in [6.07, 6.45) is 0.880. The summed E-state index contributed by atoms with van der Waals surface area (Å²) in [5, 5.41) is 6.89. The minimum atomic E-state index is -2.07. The Morgan fingerprint density at radius 1 is 0.692 bits per heavy atom. The smallest absolute Gasteiger partial charge is 0.262 e. The van der Waals surface area contributed by atoms with E-state index < -0.39 is 7.26 Å². The van der Waals surface area contributed by atoms with Crippen molar-refractivity contribution in [3.8, 4) is 0 Å². The van der Waals surface area contributed by atoms with Crippen LogP contribution in [0.15, 0.2) is 91.0 Å². The minimum Gasteiger partial charge on any atom is -1.00 e. The van der Waals surface area contributed by atoms with Gasteiger partial charge >= 0.3 is 0 Å². The Hall–Kier alpha value is -1.96. The van der Waals surface area contributed by atoms with Crippen LogP contribution in [0, 0.1) is 0 Å². The zero-order valence-corrected chi connectivity index (χ0v) is 16.9. The summed E-state index contributed by atoms with van der Waals surface area (Å²) >= 11 is 0. The van der Waals surface area contributed by atoms with E-state index in [0.29, 0.717) is 0 Å². The van der Waals surface area contributed by atoms with Gasteiger partial charge in [0.05, 0.1) is 0 Å². The van der Waals surface area contributed by atoms with E-state index in [2.05, 4.69) is 78.1 Å². The SMILES string of the molecule is O=C1NCCC1[P+](c1ccccc1)(c1ccccc1)c1ccccc1.[Br-]. The summed E-state index contributed by atoms with van der Waals surface area (Å²) < 4.78 is 0. The molecule has 1 aliphatic rings. The molecule has 1 unspecified atom stereocenters. The average Bonchev–Trinajstić information content (AvgIpc) is 3.12. The Morgan fingerprint density at radius 2 is 1.08 bits per heavy atom.